The normalized spacial score (nSPS) is 11.3. The Morgan fingerprint density at radius 2 is 1.92 bits per heavy atom. The summed E-state index contributed by atoms with van der Waals surface area (Å²) in [7, 11) is 1.36. The van der Waals surface area contributed by atoms with Crippen molar-refractivity contribution in [2.45, 2.75) is 43.8 Å². The maximum absolute atomic E-state index is 13.0. The van der Waals surface area contributed by atoms with E-state index in [1.54, 1.807) is 32.9 Å². The average Bonchev–Trinajstić information content (AvgIpc) is 2.54. The number of nitrogens with zero attached hydrogens (tertiary/aromatic N) is 2. The molecule has 0 atom stereocenters. The Bertz CT molecular complexity index is 829. The predicted octanol–water partition coefficient (Wildman–Crippen LogP) is 3.03. The van der Waals surface area contributed by atoms with E-state index in [1.807, 2.05) is 0 Å². The molecule has 1 aromatic heterocycles. The molecule has 0 aliphatic carbocycles. The number of ether oxygens (including phenoxy) is 2. The van der Waals surface area contributed by atoms with Crippen LogP contribution in [0.25, 0.3) is 0 Å². The van der Waals surface area contributed by atoms with Crippen LogP contribution in [0.3, 0.4) is 0 Å². The molecule has 0 aliphatic heterocycles. The van der Waals surface area contributed by atoms with Gasteiger partial charge in [0.05, 0.1) is 13.3 Å². The number of rotatable bonds is 6. The molecule has 140 valence electrons. The summed E-state index contributed by atoms with van der Waals surface area (Å²) in [4.78, 5) is 28.1. The Kier molecular flexibility index (Phi) is 6.42. The van der Waals surface area contributed by atoms with Crippen LogP contribution in [0.5, 0.6) is 5.75 Å². The summed E-state index contributed by atoms with van der Waals surface area (Å²) >= 11 is 1.27. The van der Waals surface area contributed by atoms with E-state index in [1.165, 1.54) is 41.8 Å². The quantitative estimate of drug-likeness (QED) is 0.436. The molecule has 0 spiro atoms. The fraction of sp³-hybridized carbons (Fsp3) is 0.389. The van der Waals surface area contributed by atoms with Crippen molar-refractivity contribution in [3.63, 3.8) is 0 Å². The topological polar surface area (TPSA) is 70.4 Å². The Balaban J connectivity index is 2.22. The van der Waals surface area contributed by atoms with Gasteiger partial charge in [0, 0.05) is 5.75 Å². The van der Waals surface area contributed by atoms with Gasteiger partial charge in [-0.15, -0.1) is 0 Å². The lowest BCUT2D eigenvalue weighted by Gasteiger charge is -2.20. The molecule has 0 bridgehead atoms. The first-order valence-corrected chi connectivity index (χ1v) is 8.91. The van der Waals surface area contributed by atoms with Gasteiger partial charge >= 0.3 is 11.5 Å². The van der Waals surface area contributed by atoms with Gasteiger partial charge in [0.25, 0.3) is 0 Å². The molecule has 1 heterocycles. The first-order chi connectivity index (χ1) is 12.2. The molecule has 0 amide bonds. The van der Waals surface area contributed by atoms with Crippen LogP contribution < -0.4 is 10.3 Å². The third kappa shape index (κ3) is 5.87. The summed E-state index contributed by atoms with van der Waals surface area (Å²) in [5, 5.41) is 0.353. The number of aromatic nitrogens is 2. The molecule has 26 heavy (non-hydrogen) atoms. The second-order valence-corrected chi connectivity index (χ2v) is 7.47. The van der Waals surface area contributed by atoms with Crippen LogP contribution in [0, 0.1) is 5.82 Å². The smallest absolute Gasteiger partial charge is 0.326 e. The maximum atomic E-state index is 13.0. The van der Waals surface area contributed by atoms with Crippen LogP contribution in [0.2, 0.25) is 0 Å². The highest BCUT2D eigenvalue weighted by Gasteiger charge is 2.19. The van der Waals surface area contributed by atoms with Crippen LogP contribution in [0.1, 0.15) is 26.3 Å². The summed E-state index contributed by atoms with van der Waals surface area (Å²) in [5.41, 5.74) is -0.269. The first-order valence-electron chi connectivity index (χ1n) is 7.92. The van der Waals surface area contributed by atoms with Crippen LogP contribution in [-0.2, 0) is 21.8 Å². The third-order valence-electron chi connectivity index (χ3n) is 3.15. The van der Waals surface area contributed by atoms with Gasteiger partial charge in [0.2, 0.25) is 5.75 Å². The summed E-state index contributed by atoms with van der Waals surface area (Å²) < 4.78 is 24.8. The van der Waals surface area contributed by atoms with Gasteiger partial charge in [0.1, 0.15) is 18.0 Å². The molecule has 0 unspecified atom stereocenters. The molecule has 0 saturated carbocycles. The van der Waals surface area contributed by atoms with Crippen LogP contribution in [0.4, 0.5) is 4.39 Å². The molecular formula is C18H21FN2O4S. The van der Waals surface area contributed by atoms with E-state index in [9.17, 15) is 14.0 Å². The molecule has 0 radical (unpaired) electrons. The van der Waals surface area contributed by atoms with Crippen LogP contribution >= 0.6 is 11.8 Å². The monoisotopic (exact) mass is 380 g/mol. The molecular weight excluding hydrogens is 359 g/mol. The Hall–Kier alpha value is -2.35. The molecule has 8 heteroatoms. The molecule has 0 saturated heterocycles. The second-order valence-electron chi connectivity index (χ2n) is 6.53. The number of hydrogen-bond acceptors (Lipinski definition) is 6. The lowest BCUT2D eigenvalue weighted by atomic mass is 10.2. The van der Waals surface area contributed by atoms with Crippen LogP contribution in [-0.4, -0.2) is 28.2 Å². The number of thioether (sulfide) groups is 1. The summed E-state index contributed by atoms with van der Waals surface area (Å²) in [6.45, 7) is 5.23. The minimum absolute atomic E-state index is 0.0414. The number of methoxy groups -OCH3 is 1. The van der Waals surface area contributed by atoms with Crippen molar-refractivity contribution in [2.24, 2.45) is 0 Å². The van der Waals surface area contributed by atoms with Crippen molar-refractivity contribution < 1.29 is 18.7 Å². The van der Waals surface area contributed by atoms with Crippen molar-refractivity contribution in [3.05, 3.63) is 52.2 Å². The van der Waals surface area contributed by atoms with E-state index < -0.39 is 17.1 Å². The number of hydrogen-bond donors (Lipinski definition) is 0. The highest BCUT2D eigenvalue weighted by atomic mass is 32.2. The second kappa shape index (κ2) is 8.35. The van der Waals surface area contributed by atoms with E-state index in [2.05, 4.69) is 4.98 Å². The van der Waals surface area contributed by atoms with Gasteiger partial charge in [-0.1, -0.05) is 23.9 Å². The first kappa shape index (κ1) is 20.0. The minimum atomic E-state index is -0.616. The van der Waals surface area contributed by atoms with Gasteiger partial charge in [-0.2, -0.15) is 4.98 Å². The van der Waals surface area contributed by atoms with Crippen molar-refractivity contribution >= 4 is 17.7 Å². The standard InChI is InChI=1S/C18H21FN2O4S/c1-18(2,3)25-15(22)10-21-9-14(24-4)16(23)20-17(21)26-11-12-5-7-13(19)8-6-12/h5-9H,10-11H2,1-4H3. The lowest BCUT2D eigenvalue weighted by Crippen LogP contribution is -2.28. The predicted molar refractivity (Wildman–Crippen MR) is 96.9 cm³/mol. The zero-order valence-corrected chi connectivity index (χ0v) is 15.9. The van der Waals surface area contributed by atoms with Gasteiger partial charge in [0.15, 0.2) is 5.16 Å². The summed E-state index contributed by atoms with van der Waals surface area (Å²) in [6.07, 6.45) is 1.44. The SMILES string of the molecule is COc1cn(CC(=O)OC(C)(C)C)c(SCc2ccc(F)cc2)nc1=O. The van der Waals surface area contributed by atoms with Gasteiger partial charge in [-0.05, 0) is 38.5 Å². The number of benzene rings is 1. The lowest BCUT2D eigenvalue weighted by molar-refractivity contribution is -0.155. The average molecular weight is 380 g/mol. The third-order valence-corrected chi connectivity index (χ3v) is 4.21. The fourth-order valence-electron chi connectivity index (χ4n) is 2.07. The molecule has 6 nitrogen and oxygen atoms in total. The molecule has 2 aromatic rings. The fourth-order valence-corrected chi connectivity index (χ4v) is 2.99. The van der Waals surface area contributed by atoms with Crippen molar-refractivity contribution in [1.82, 2.24) is 9.55 Å². The Morgan fingerprint density at radius 3 is 2.50 bits per heavy atom. The molecule has 1 aromatic carbocycles. The summed E-state index contributed by atoms with van der Waals surface area (Å²) in [6, 6.07) is 6.04. The molecule has 0 fully saturated rings. The van der Waals surface area contributed by atoms with Gasteiger partial charge in [-0.3, -0.25) is 9.59 Å². The van der Waals surface area contributed by atoms with E-state index in [0.717, 1.165) is 5.56 Å². The van der Waals surface area contributed by atoms with Gasteiger partial charge < -0.3 is 14.0 Å². The number of carbonyl (C=O) groups is 1. The molecule has 2 rings (SSSR count). The van der Waals surface area contributed by atoms with Crippen molar-refractivity contribution in [2.75, 3.05) is 7.11 Å². The Labute approximate surface area is 155 Å². The summed E-state index contributed by atoms with van der Waals surface area (Å²) in [5.74, 6) is -0.260. The Morgan fingerprint density at radius 1 is 1.27 bits per heavy atom. The number of carbonyl (C=O) groups excluding carboxylic acids is 1. The van der Waals surface area contributed by atoms with Crippen molar-refractivity contribution in [3.8, 4) is 5.75 Å². The minimum Gasteiger partial charge on any atom is -0.490 e. The molecule has 0 N–H and O–H groups in total. The van der Waals surface area contributed by atoms with E-state index in [0.29, 0.717) is 10.9 Å². The van der Waals surface area contributed by atoms with E-state index in [4.69, 9.17) is 9.47 Å². The number of halogens is 1. The molecule has 0 aliphatic rings. The largest absolute Gasteiger partial charge is 0.490 e. The van der Waals surface area contributed by atoms with Gasteiger partial charge in [-0.25, -0.2) is 4.39 Å². The van der Waals surface area contributed by atoms with E-state index >= 15 is 0 Å². The zero-order chi connectivity index (χ0) is 19.3. The zero-order valence-electron chi connectivity index (χ0n) is 15.1. The van der Waals surface area contributed by atoms with Crippen molar-refractivity contribution in [1.29, 1.82) is 0 Å². The van der Waals surface area contributed by atoms with Crippen LogP contribution in [0.15, 0.2) is 40.4 Å². The highest BCUT2D eigenvalue weighted by Crippen LogP contribution is 2.22. The highest BCUT2D eigenvalue weighted by molar-refractivity contribution is 7.98. The van der Waals surface area contributed by atoms with E-state index in [-0.39, 0.29) is 18.1 Å². The number of esters is 1. The maximum Gasteiger partial charge on any atom is 0.326 e.